The van der Waals surface area contributed by atoms with Crippen LogP contribution in [0.25, 0.3) is 0 Å². The molecule has 0 radical (unpaired) electrons. The first-order valence-corrected chi connectivity index (χ1v) is 42.0. The van der Waals surface area contributed by atoms with E-state index in [0.29, 0.717) is 116 Å². The molecule has 0 unspecified atom stereocenters. The van der Waals surface area contributed by atoms with Gasteiger partial charge in [-0.25, -0.2) is 18.6 Å². The number of alkyl halides is 3. The molecular weight excluding hydrogens is 1510 g/mol. The van der Waals surface area contributed by atoms with E-state index in [1.165, 1.54) is 45.2 Å². The summed E-state index contributed by atoms with van der Waals surface area (Å²) >= 11 is 8.48. The van der Waals surface area contributed by atoms with Gasteiger partial charge in [0.05, 0.1) is 57.5 Å². The van der Waals surface area contributed by atoms with Crippen LogP contribution in [0.15, 0.2) is 125 Å². The predicted octanol–water partition coefficient (Wildman–Crippen LogP) is 17.5. The van der Waals surface area contributed by atoms with Crippen LogP contribution in [0.1, 0.15) is 220 Å². The van der Waals surface area contributed by atoms with E-state index in [9.17, 15) is 60.3 Å². The molecule has 3 aliphatic carbocycles. The fourth-order valence-electron chi connectivity index (χ4n) is 14.6. The number of carboxylic acids is 2. The highest BCUT2D eigenvalue weighted by atomic mass is 35.5. The summed E-state index contributed by atoms with van der Waals surface area (Å²) in [6.45, 7) is 19.8. The number of aryl methyl sites for hydroxylation is 3. The summed E-state index contributed by atoms with van der Waals surface area (Å²) in [7, 11) is -2.02. The van der Waals surface area contributed by atoms with Gasteiger partial charge in [-0.3, -0.25) is 33.7 Å². The first kappa shape index (κ1) is 87.3. The molecule has 5 amide bonds. The van der Waals surface area contributed by atoms with Crippen LogP contribution in [0.3, 0.4) is 0 Å². The van der Waals surface area contributed by atoms with E-state index in [4.69, 9.17) is 21.4 Å². The summed E-state index contributed by atoms with van der Waals surface area (Å²) in [6.07, 6.45) is 8.07. The summed E-state index contributed by atoms with van der Waals surface area (Å²) in [5, 5.41) is 34.8. The molecule has 0 spiro atoms. The zero-order chi connectivity index (χ0) is 81.2. The summed E-state index contributed by atoms with van der Waals surface area (Å²) in [5.74, 6) is -2.75. The average Bonchev–Trinajstić information content (AvgIpc) is 1.57. The molecule has 5 aromatic carbocycles. The Morgan fingerprint density at radius 1 is 0.696 bits per heavy atom. The van der Waals surface area contributed by atoms with Gasteiger partial charge in [0.1, 0.15) is 10.0 Å². The van der Waals surface area contributed by atoms with E-state index >= 15 is 0 Å². The number of thiophene rings is 2. The minimum atomic E-state index is -4.64. The molecule has 0 aliphatic heterocycles. The highest BCUT2D eigenvalue weighted by molar-refractivity contribution is 7.89. The number of rotatable bonds is 33. The fourth-order valence-corrected chi connectivity index (χ4v) is 19.4. The number of halogens is 4. The molecular formula is C85H104ClF3N8O12S3. The van der Waals surface area contributed by atoms with Crippen molar-refractivity contribution < 1.29 is 70.1 Å². The number of hydrogen-bond donors (Lipinski definition) is 7. The lowest BCUT2D eigenvalue weighted by molar-refractivity contribution is -0.143. The molecule has 7 N–H and O–H groups in total. The Balaban J connectivity index is 0.000000257. The summed E-state index contributed by atoms with van der Waals surface area (Å²) in [5.41, 5.74) is 8.63. The Morgan fingerprint density at radius 2 is 1.31 bits per heavy atom. The van der Waals surface area contributed by atoms with Crippen molar-refractivity contribution in [3.63, 3.8) is 0 Å². The highest BCUT2D eigenvalue weighted by Crippen LogP contribution is 2.45. The second-order valence-electron chi connectivity index (χ2n) is 30.5. The predicted molar refractivity (Wildman–Crippen MR) is 436 cm³/mol. The van der Waals surface area contributed by atoms with Gasteiger partial charge < -0.3 is 36.2 Å². The van der Waals surface area contributed by atoms with Crippen molar-refractivity contribution in [1.82, 2.24) is 19.9 Å². The van der Waals surface area contributed by atoms with Crippen molar-refractivity contribution >= 4 is 108 Å². The number of aliphatic carboxylic acids is 1. The third-order valence-electron chi connectivity index (χ3n) is 21.9. The number of aromatic carboxylic acids is 1. The Bertz CT molecular complexity index is 4620. The number of fused-ring (bicyclic) bond motifs is 2. The van der Waals surface area contributed by atoms with Crippen LogP contribution in [-0.4, -0.2) is 121 Å². The van der Waals surface area contributed by atoms with Crippen LogP contribution in [-0.2, 0) is 75.6 Å². The number of carbonyl (C=O) groups excluding carboxylic acids is 5. The summed E-state index contributed by atoms with van der Waals surface area (Å²) < 4.78 is 75.3. The number of sulfonamides is 1. The molecule has 10 rings (SSSR count). The van der Waals surface area contributed by atoms with Crippen molar-refractivity contribution in [2.45, 2.75) is 182 Å². The topological polar surface area (TPSA) is 282 Å². The van der Waals surface area contributed by atoms with Crippen LogP contribution >= 0.6 is 34.3 Å². The Morgan fingerprint density at radius 3 is 1.95 bits per heavy atom. The maximum atomic E-state index is 14.0. The second kappa shape index (κ2) is 39.9. The number of nitrogens with zero attached hydrogens (tertiary/aromatic N) is 3. The Kier molecular flexibility index (Phi) is 31.1. The molecule has 4 atom stereocenters. The van der Waals surface area contributed by atoms with Gasteiger partial charge >= 0.3 is 18.1 Å². The zero-order valence-electron chi connectivity index (χ0n) is 65.1. The number of benzene rings is 5. The SMILES string of the molecule is CCCN(C1CCC(C(=O)O)CC1)S(=O)(=O)c1cccc(C(=O)Nc2sc3c(c2C(=O)Nc2ccc(CCCc4ccc(C(=O)O)cc4)cc2)CCCC3)c1.CC[C@@H](C)[C@@H](C)[C@H](C)[C@@H](C)C(=O)NCCOCCN(C)Cc1cccc(C(=O)Nc2sc3c(c2C(=O)N/N=C/c2ccc(Cl)c(C(F)(F)F)c2)CCC(C)(C)C3)c1. The lowest BCUT2D eigenvalue weighted by Gasteiger charge is -2.35. The van der Waals surface area contributed by atoms with Gasteiger partial charge in [0.25, 0.3) is 23.6 Å². The van der Waals surface area contributed by atoms with Crippen LogP contribution < -0.4 is 26.7 Å². The number of nitrogens with one attached hydrogen (secondary N) is 5. The quantitative estimate of drug-likeness (QED) is 0.0115. The number of amides is 5. The van der Waals surface area contributed by atoms with Gasteiger partial charge in [-0.05, 0) is 227 Å². The third kappa shape index (κ3) is 23.5. The van der Waals surface area contributed by atoms with Crippen molar-refractivity contribution in [2.24, 2.45) is 40.1 Å². The zero-order valence-corrected chi connectivity index (χ0v) is 68.3. The van der Waals surface area contributed by atoms with Crippen molar-refractivity contribution in [1.29, 1.82) is 0 Å². The van der Waals surface area contributed by atoms with E-state index < -0.39 is 56.5 Å². The van der Waals surface area contributed by atoms with E-state index in [0.717, 1.165) is 120 Å². The molecule has 3 aliphatic rings. The maximum Gasteiger partial charge on any atom is 0.417 e. The first-order chi connectivity index (χ1) is 53.2. The van der Waals surface area contributed by atoms with E-state index in [2.05, 4.69) is 78.2 Å². The third-order valence-corrected chi connectivity index (χ3v) is 26.5. The molecule has 112 heavy (non-hydrogen) atoms. The van der Waals surface area contributed by atoms with Gasteiger partial charge in [0.2, 0.25) is 15.9 Å². The van der Waals surface area contributed by atoms with Gasteiger partial charge in [0.15, 0.2) is 0 Å². The van der Waals surface area contributed by atoms with E-state index in [1.54, 1.807) is 30.3 Å². The molecule has 0 bridgehead atoms. The van der Waals surface area contributed by atoms with Crippen LogP contribution in [0.2, 0.25) is 5.02 Å². The van der Waals surface area contributed by atoms with Gasteiger partial charge in [-0.15, -0.1) is 22.7 Å². The van der Waals surface area contributed by atoms with Crippen LogP contribution in [0.4, 0.5) is 28.9 Å². The monoisotopic (exact) mass is 1620 g/mol. The number of carbonyl (C=O) groups is 7. The molecule has 1 fully saturated rings. The van der Waals surface area contributed by atoms with Crippen molar-refractivity contribution in [2.75, 3.05) is 55.8 Å². The first-order valence-electron chi connectivity index (χ1n) is 38.6. The number of carboxylic acid groups (broad SMARTS) is 2. The summed E-state index contributed by atoms with van der Waals surface area (Å²) in [4.78, 5) is 94.3. The molecule has 2 heterocycles. The smallest absolute Gasteiger partial charge is 0.417 e. The van der Waals surface area contributed by atoms with Crippen LogP contribution in [0, 0.1) is 35.0 Å². The highest BCUT2D eigenvalue weighted by Gasteiger charge is 2.38. The number of ether oxygens (including phenoxy) is 1. The molecule has 1 saturated carbocycles. The molecule has 2 aromatic heterocycles. The lowest BCUT2D eigenvalue weighted by atomic mass is 9.77. The minimum Gasteiger partial charge on any atom is -0.481 e. The van der Waals surface area contributed by atoms with Crippen molar-refractivity contribution in [3.8, 4) is 0 Å². The van der Waals surface area contributed by atoms with E-state index in [-0.39, 0.29) is 69.1 Å². The normalized spacial score (nSPS) is 16.6. The van der Waals surface area contributed by atoms with Gasteiger partial charge in [-0.2, -0.15) is 22.6 Å². The molecule has 0 saturated heterocycles. The number of hydrazone groups is 1. The Hall–Kier alpha value is -8.63. The van der Waals surface area contributed by atoms with E-state index in [1.807, 2.05) is 75.5 Å². The van der Waals surface area contributed by atoms with Gasteiger partial charge in [0, 0.05) is 64.7 Å². The maximum absolute atomic E-state index is 14.0. The fraction of sp³-hybridized carbons (Fsp3) is 0.459. The standard InChI is InChI=1S/C43H57ClF3N5O4S.C42H47N3O8S2/c1-9-26(2)27(3)28(4)29(5)38(53)48-17-19-56-20-18-52(8)25-31-11-10-12-32(21-31)39(54)50-41-37(33-15-16-42(6,7)23-36(33)57-41)40(55)51-49-24-30-13-14-35(44)34(22-30)43(45,46)47;1-2-25-45(33-23-19-30(20-24-33)42(50)51)55(52,53)34-10-6-9-31(26-34)38(46)44-40-37(35-11-3-4-12-36(35)54-40)39(47)43-32-21-15-28(16-22-32)8-5-7-27-13-17-29(18-14-27)41(48)49/h10-14,21-22,24,26-29H,9,15-20,23,25H2,1-8H3,(H,48,53)(H,50,54)(H,51,55);6,9-10,13-18,21-22,26,30,33H,2-5,7-8,11-12,19-20,23-25H2,1H3,(H,43,47)(H,44,46)(H,48,49)(H,50,51)/b49-24+;/t26-,27-,28+,29-;/m1./s1. The van der Waals surface area contributed by atoms with Crippen molar-refractivity contribution in [3.05, 3.63) is 197 Å². The number of hydrogen-bond acceptors (Lipinski definition) is 14. The minimum absolute atomic E-state index is 0.00441. The number of likely N-dealkylation sites (N-methyl/N-ethyl adjacent to an activating group) is 1. The number of anilines is 3. The Labute approximate surface area is 668 Å². The molecule has 20 nitrogen and oxygen atoms in total. The van der Waals surface area contributed by atoms with Gasteiger partial charge in [-0.1, -0.05) is 122 Å². The molecule has 602 valence electrons. The van der Waals surface area contributed by atoms with Crippen LogP contribution in [0.5, 0.6) is 0 Å². The summed E-state index contributed by atoms with van der Waals surface area (Å²) in [6, 6.07) is 30.8. The lowest BCUT2D eigenvalue weighted by Crippen LogP contribution is -2.43. The molecule has 7 aromatic rings. The average molecular weight is 1620 g/mol. The second-order valence-corrected chi connectivity index (χ2v) is 35.0. The largest absolute Gasteiger partial charge is 0.481 e. The molecule has 27 heteroatoms.